The predicted octanol–water partition coefficient (Wildman–Crippen LogP) is 9.18. The molecule has 0 aliphatic heterocycles. The quantitative estimate of drug-likeness (QED) is 0.0941. The zero-order valence-electron chi connectivity index (χ0n) is 24.8. The van der Waals surface area contributed by atoms with Crippen LogP contribution in [0.2, 0.25) is 10.0 Å². The first-order valence-electron chi connectivity index (χ1n) is 14.3. The van der Waals surface area contributed by atoms with Crippen LogP contribution in [0.1, 0.15) is 29.3 Å². The van der Waals surface area contributed by atoms with Crippen molar-refractivity contribution in [2.24, 2.45) is 0 Å². The molecule has 0 fully saturated rings. The third-order valence-electron chi connectivity index (χ3n) is 6.72. The van der Waals surface area contributed by atoms with Crippen molar-refractivity contribution >= 4 is 80.9 Å². The molecule has 5 aromatic rings. The summed E-state index contributed by atoms with van der Waals surface area (Å²) in [5, 5.41) is 10.8. The van der Waals surface area contributed by atoms with Gasteiger partial charge in [-0.15, -0.1) is 23.1 Å². The fraction of sp³-hybridized carbons (Fsp3) is 0.0857. The Morgan fingerprint density at radius 2 is 1.68 bits per heavy atom. The molecule has 12 heteroatoms. The third-order valence-corrected chi connectivity index (χ3v) is 9.42. The van der Waals surface area contributed by atoms with Crippen LogP contribution in [0.25, 0.3) is 17.3 Å². The number of aromatic nitrogens is 1. The third kappa shape index (κ3) is 9.08. The van der Waals surface area contributed by atoms with E-state index in [2.05, 4.69) is 20.9 Å². The summed E-state index contributed by atoms with van der Waals surface area (Å²) in [5.74, 6) is -2.11. The average molecular weight is 706 g/mol. The molecular weight excluding hydrogens is 678 g/mol. The largest absolute Gasteiger partial charge is 0.321 e. The normalized spacial score (nSPS) is 11.9. The highest BCUT2D eigenvalue weighted by Gasteiger charge is 2.21. The minimum atomic E-state index is -0.694. The number of nitrogens with one attached hydrogen (secondary N) is 3. The molecule has 0 aliphatic carbocycles. The van der Waals surface area contributed by atoms with Crippen LogP contribution in [0, 0.1) is 5.82 Å². The van der Waals surface area contributed by atoms with Crippen molar-refractivity contribution in [1.82, 2.24) is 10.3 Å². The smallest absolute Gasteiger partial charge is 0.272 e. The Labute approximate surface area is 289 Å². The van der Waals surface area contributed by atoms with Crippen molar-refractivity contribution in [2.75, 3.05) is 10.6 Å². The van der Waals surface area contributed by atoms with E-state index in [1.54, 1.807) is 60.7 Å². The number of thioether (sulfide) groups is 1. The summed E-state index contributed by atoms with van der Waals surface area (Å²) in [4.78, 5) is 44.9. The summed E-state index contributed by atoms with van der Waals surface area (Å²) in [5.41, 5.74) is 2.08. The Bertz CT molecular complexity index is 1910. The second-order valence-electron chi connectivity index (χ2n) is 10.0. The summed E-state index contributed by atoms with van der Waals surface area (Å²) < 4.78 is 14.6. The van der Waals surface area contributed by atoms with E-state index in [1.807, 2.05) is 30.5 Å². The van der Waals surface area contributed by atoms with Gasteiger partial charge in [0.15, 0.2) is 5.13 Å². The Morgan fingerprint density at radius 3 is 2.40 bits per heavy atom. The molecule has 1 atom stereocenters. The first-order valence-corrected chi connectivity index (χ1v) is 16.8. The summed E-state index contributed by atoms with van der Waals surface area (Å²) >= 11 is 14.9. The lowest BCUT2D eigenvalue weighted by Crippen LogP contribution is -2.30. The van der Waals surface area contributed by atoms with Gasteiger partial charge < -0.3 is 16.0 Å². The molecule has 0 bridgehead atoms. The number of thiazole rings is 1. The zero-order valence-corrected chi connectivity index (χ0v) is 27.9. The molecule has 1 aromatic heterocycles. The molecule has 0 saturated carbocycles. The molecule has 3 N–H and O–H groups in total. The molecule has 5 rings (SSSR count). The van der Waals surface area contributed by atoms with Gasteiger partial charge in [-0.3, -0.25) is 14.4 Å². The lowest BCUT2D eigenvalue weighted by Gasteiger charge is -2.15. The number of hydrogen-bond acceptors (Lipinski definition) is 6. The van der Waals surface area contributed by atoms with Gasteiger partial charge in [0, 0.05) is 37.7 Å². The van der Waals surface area contributed by atoms with Gasteiger partial charge in [0.25, 0.3) is 11.8 Å². The van der Waals surface area contributed by atoms with Crippen molar-refractivity contribution in [3.63, 3.8) is 0 Å². The van der Waals surface area contributed by atoms with Crippen molar-refractivity contribution in [1.29, 1.82) is 0 Å². The van der Waals surface area contributed by atoms with Gasteiger partial charge in [0.05, 0.1) is 16.0 Å². The minimum absolute atomic E-state index is 0.0469. The minimum Gasteiger partial charge on any atom is -0.321 e. The maximum atomic E-state index is 14.6. The fourth-order valence-electron chi connectivity index (χ4n) is 4.34. The van der Waals surface area contributed by atoms with Crippen LogP contribution in [0.3, 0.4) is 0 Å². The van der Waals surface area contributed by atoms with Gasteiger partial charge >= 0.3 is 0 Å². The molecule has 3 amide bonds. The lowest BCUT2D eigenvalue weighted by molar-refractivity contribution is -0.116. The summed E-state index contributed by atoms with van der Waals surface area (Å²) in [7, 11) is 0. The Morgan fingerprint density at radius 1 is 0.936 bits per heavy atom. The highest BCUT2D eigenvalue weighted by Crippen LogP contribution is 2.31. The van der Waals surface area contributed by atoms with Crippen LogP contribution in [0.15, 0.2) is 113 Å². The van der Waals surface area contributed by atoms with Crippen molar-refractivity contribution in [3.05, 3.63) is 135 Å². The molecule has 0 spiro atoms. The number of rotatable bonds is 11. The van der Waals surface area contributed by atoms with E-state index in [0.717, 1.165) is 16.2 Å². The number of nitrogens with zero attached hydrogens (tertiary/aromatic N) is 1. The fourth-order valence-corrected chi connectivity index (χ4v) is 6.42. The zero-order chi connectivity index (χ0) is 33.3. The van der Waals surface area contributed by atoms with E-state index >= 15 is 0 Å². The molecule has 238 valence electrons. The van der Waals surface area contributed by atoms with Crippen LogP contribution in [-0.2, 0) is 9.59 Å². The second kappa shape index (κ2) is 15.9. The Kier molecular flexibility index (Phi) is 11.4. The van der Waals surface area contributed by atoms with Gasteiger partial charge in [-0.25, -0.2) is 9.37 Å². The van der Waals surface area contributed by atoms with E-state index < -0.39 is 22.9 Å². The van der Waals surface area contributed by atoms with Crippen molar-refractivity contribution in [3.8, 4) is 11.3 Å². The molecule has 0 aliphatic rings. The molecule has 1 heterocycles. The Balaban J connectivity index is 1.29. The molecule has 0 saturated heterocycles. The van der Waals surface area contributed by atoms with Gasteiger partial charge in [0.1, 0.15) is 11.5 Å². The molecular formula is C35H27Cl2FN4O3S2. The number of hydrogen-bond donors (Lipinski definition) is 3. The highest BCUT2D eigenvalue weighted by atomic mass is 35.5. The molecule has 47 heavy (non-hydrogen) atoms. The van der Waals surface area contributed by atoms with Crippen molar-refractivity contribution in [2.45, 2.75) is 23.5 Å². The van der Waals surface area contributed by atoms with Gasteiger partial charge in [-0.2, -0.15) is 0 Å². The maximum absolute atomic E-state index is 14.6. The predicted molar refractivity (Wildman–Crippen MR) is 189 cm³/mol. The van der Waals surface area contributed by atoms with Gasteiger partial charge in [-0.05, 0) is 67.1 Å². The number of carbonyl (C=O) groups excluding carboxylic acids is 3. The molecule has 7 nitrogen and oxygen atoms in total. The van der Waals surface area contributed by atoms with E-state index in [1.165, 1.54) is 47.4 Å². The van der Waals surface area contributed by atoms with E-state index in [-0.39, 0.29) is 22.2 Å². The topological polar surface area (TPSA) is 100 Å². The highest BCUT2D eigenvalue weighted by molar-refractivity contribution is 8.00. The van der Waals surface area contributed by atoms with Gasteiger partial charge in [0.2, 0.25) is 5.91 Å². The number of halogens is 3. The lowest BCUT2D eigenvalue weighted by atomic mass is 10.1. The molecule has 4 aromatic carbocycles. The van der Waals surface area contributed by atoms with Crippen LogP contribution >= 0.6 is 46.3 Å². The van der Waals surface area contributed by atoms with Crippen LogP contribution in [0.4, 0.5) is 15.2 Å². The number of amides is 3. The summed E-state index contributed by atoms with van der Waals surface area (Å²) in [6.07, 6.45) is 1.73. The number of benzene rings is 4. The maximum Gasteiger partial charge on any atom is 0.272 e. The van der Waals surface area contributed by atoms with Gasteiger partial charge in [-0.1, -0.05) is 72.6 Å². The average Bonchev–Trinajstić information content (AvgIpc) is 3.53. The standard InChI is InChI=1S/C35H27Cl2FN4O3S2/c1-2-31(34(45)42-35-41-30(20-46-35)21-14-16-23(36)17-15-21)47-25-11-6-10-24(18-25)39-33(44)29(19-26-27(37)12-7-13-28(26)38)40-32(43)22-8-4-3-5-9-22/h3-20,31H,2H2,1H3,(H,39,44)(H,40,43)(H,41,42,45)/b29-19+. The SMILES string of the molecule is CCC(Sc1cccc(NC(=O)/C(=C\c2c(F)cccc2Cl)NC(=O)c2ccccc2)c1)C(=O)Nc1nc(-c2ccc(Cl)cc2)cs1. The summed E-state index contributed by atoms with van der Waals surface area (Å²) in [6, 6.07) is 26.7. The van der Waals surface area contributed by atoms with Crippen LogP contribution < -0.4 is 16.0 Å². The van der Waals surface area contributed by atoms with Crippen LogP contribution in [-0.4, -0.2) is 28.0 Å². The summed E-state index contributed by atoms with van der Waals surface area (Å²) in [6.45, 7) is 1.91. The van der Waals surface area contributed by atoms with Crippen molar-refractivity contribution < 1.29 is 18.8 Å². The van der Waals surface area contributed by atoms with E-state index in [4.69, 9.17) is 23.2 Å². The van der Waals surface area contributed by atoms with E-state index in [9.17, 15) is 18.8 Å². The first kappa shape index (κ1) is 33.9. The molecule has 1 unspecified atom stereocenters. The first-order chi connectivity index (χ1) is 22.7. The Hall–Kier alpha value is -4.48. The molecule has 0 radical (unpaired) electrons. The van der Waals surface area contributed by atoms with E-state index in [0.29, 0.717) is 27.8 Å². The van der Waals surface area contributed by atoms with Crippen LogP contribution in [0.5, 0.6) is 0 Å². The number of anilines is 2. The monoisotopic (exact) mass is 704 g/mol. The second-order valence-corrected chi connectivity index (χ2v) is 13.0. The number of carbonyl (C=O) groups is 3.